The molecule has 2 atom stereocenters. The van der Waals surface area contributed by atoms with E-state index in [2.05, 4.69) is 0 Å². The minimum Gasteiger partial charge on any atom is -0.394 e. The monoisotopic (exact) mass is 373 g/mol. The molecule has 144 valence electrons. The van der Waals surface area contributed by atoms with Crippen LogP contribution in [0.2, 0.25) is 0 Å². The standard InChI is InChI=1S/C22H25F2NO2/c23-16-6-4-5-15(11-16)21(20(27)13-26)25-14-22(9-2-1-3-10-22)18-8-7-17(24)12-19(18)25/h4-8,11-12,20-21,26-27H,1-3,9-10,13-14H2/t20-,21+/m1/s1. The lowest BCUT2D eigenvalue weighted by molar-refractivity contribution is 0.0702. The van der Waals surface area contributed by atoms with Crippen LogP contribution in [0.1, 0.15) is 49.3 Å². The van der Waals surface area contributed by atoms with Crippen molar-refractivity contribution >= 4 is 5.69 Å². The molecule has 2 aromatic rings. The number of fused-ring (bicyclic) bond motifs is 2. The van der Waals surface area contributed by atoms with Crippen LogP contribution >= 0.6 is 0 Å². The van der Waals surface area contributed by atoms with Crippen LogP contribution in [-0.2, 0) is 5.41 Å². The van der Waals surface area contributed by atoms with Gasteiger partial charge < -0.3 is 15.1 Å². The van der Waals surface area contributed by atoms with Gasteiger partial charge in [0, 0.05) is 17.6 Å². The molecule has 1 fully saturated rings. The third-order valence-corrected chi connectivity index (χ3v) is 6.20. The van der Waals surface area contributed by atoms with Crippen LogP contribution in [0.5, 0.6) is 0 Å². The van der Waals surface area contributed by atoms with Gasteiger partial charge in [0.15, 0.2) is 0 Å². The van der Waals surface area contributed by atoms with Crippen molar-refractivity contribution in [1.82, 2.24) is 0 Å². The number of nitrogens with zero attached hydrogens (tertiary/aromatic N) is 1. The summed E-state index contributed by atoms with van der Waals surface area (Å²) in [6, 6.07) is 10.3. The van der Waals surface area contributed by atoms with E-state index >= 15 is 0 Å². The van der Waals surface area contributed by atoms with Crippen molar-refractivity contribution in [2.45, 2.75) is 49.7 Å². The second kappa shape index (κ2) is 7.21. The Kier molecular flexibility index (Phi) is 4.91. The molecule has 0 aromatic heterocycles. The van der Waals surface area contributed by atoms with Gasteiger partial charge in [-0.3, -0.25) is 0 Å². The lowest BCUT2D eigenvalue weighted by Crippen LogP contribution is -2.42. The Bertz CT molecular complexity index is 820. The molecular formula is C22H25F2NO2. The first-order chi connectivity index (χ1) is 13.0. The number of aliphatic hydroxyl groups is 2. The maximum absolute atomic E-state index is 14.1. The summed E-state index contributed by atoms with van der Waals surface area (Å²) in [7, 11) is 0. The summed E-state index contributed by atoms with van der Waals surface area (Å²) in [6.45, 7) is 0.194. The van der Waals surface area contributed by atoms with Crippen LogP contribution in [0, 0.1) is 11.6 Å². The fraction of sp³-hybridized carbons (Fsp3) is 0.455. The van der Waals surface area contributed by atoms with Crippen LogP contribution in [0.3, 0.4) is 0 Å². The van der Waals surface area contributed by atoms with Crippen molar-refractivity contribution in [2.75, 3.05) is 18.1 Å². The predicted octanol–water partition coefficient (Wildman–Crippen LogP) is 4.08. The maximum atomic E-state index is 14.1. The van der Waals surface area contributed by atoms with Gasteiger partial charge in [-0.05, 0) is 48.2 Å². The Morgan fingerprint density at radius 2 is 1.74 bits per heavy atom. The molecule has 1 saturated carbocycles. The Labute approximate surface area is 158 Å². The first-order valence-electron chi connectivity index (χ1n) is 9.65. The molecule has 0 saturated heterocycles. The highest BCUT2D eigenvalue weighted by Crippen LogP contribution is 2.52. The average molecular weight is 373 g/mol. The zero-order valence-corrected chi connectivity index (χ0v) is 15.2. The quantitative estimate of drug-likeness (QED) is 0.849. The van der Waals surface area contributed by atoms with Gasteiger partial charge in [-0.15, -0.1) is 0 Å². The zero-order valence-electron chi connectivity index (χ0n) is 15.2. The van der Waals surface area contributed by atoms with Crippen molar-refractivity contribution in [3.63, 3.8) is 0 Å². The highest BCUT2D eigenvalue weighted by Gasteiger charge is 2.46. The van der Waals surface area contributed by atoms with Gasteiger partial charge in [-0.25, -0.2) is 8.78 Å². The van der Waals surface area contributed by atoms with Gasteiger partial charge in [0.05, 0.1) is 12.6 Å². The van der Waals surface area contributed by atoms with E-state index in [-0.39, 0.29) is 11.2 Å². The smallest absolute Gasteiger partial charge is 0.125 e. The lowest BCUT2D eigenvalue weighted by atomic mass is 9.71. The van der Waals surface area contributed by atoms with E-state index in [1.807, 2.05) is 11.0 Å². The molecule has 1 spiro atoms. The van der Waals surface area contributed by atoms with Gasteiger partial charge >= 0.3 is 0 Å². The number of hydrogen-bond donors (Lipinski definition) is 2. The fourth-order valence-corrected chi connectivity index (χ4v) is 4.99. The summed E-state index contributed by atoms with van der Waals surface area (Å²) in [5.41, 5.74) is 2.37. The topological polar surface area (TPSA) is 43.7 Å². The molecule has 1 heterocycles. The molecule has 5 heteroatoms. The van der Waals surface area contributed by atoms with Crippen molar-refractivity contribution < 1.29 is 19.0 Å². The zero-order chi connectivity index (χ0) is 19.0. The van der Waals surface area contributed by atoms with Crippen molar-refractivity contribution in [2.24, 2.45) is 0 Å². The number of anilines is 1. The molecule has 2 N–H and O–H groups in total. The molecule has 0 unspecified atom stereocenters. The van der Waals surface area contributed by atoms with Crippen molar-refractivity contribution in [1.29, 1.82) is 0 Å². The SMILES string of the molecule is OC[C@@H](O)[C@H](c1cccc(F)c1)N1CC2(CCCCC2)c2ccc(F)cc21. The largest absolute Gasteiger partial charge is 0.394 e. The van der Waals surface area contributed by atoms with Gasteiger partial charge in [-0.1, -0.05) is 37.5 Å². The van der Waals surface area contributed by atoms with Crippen molar-refractivity contribution in [3.8, 4) is 0 Å². The second-order valence-electron chi connectivity index (χ2n) is 7.88. The van der Waals surface area contributed by atoms with Crippen LogP contribution in [-0.4, -0.2) is 29.5 Å². The van der Waals surface area contributed by atoms with Crippen LogP contribution in [0.4, 0.5) is 14.5 Å². The highest BCUT2D eigenvalue weighted by atomic mass is 19.1. The summed E-state index contributed by atoms with van der Waals surface area (Å²) in [5, 5.41) is 20.3. The lowest BCUT2D eigenvalue weighted by Gasteiger charge is -2.38. The summed E-state index contributed by atoms with van der Waals surface area (Å²) in [6.07, 6.45) is 4.39. The van der Waals surface area contributed by atoms with Crippen LogP contribution in [0.25, 0.3) is 0 Å². The minimum atomic E-state index is -1.10. The number of benzene rings is 2. The van der Waals surface area contributed by atoms with E-state index in [9.17, 15) is 19.0 Å². The fourth-order valence-electron chi connectivity index (χ4n) is 4.99. The Hall–Kier alpha value is -1.98. The Morgan fingerprint density at radius 3 is 2.44 bits per heavy atom. The van der Waals surface area contributed by atoms with E-state index in [1.165, 1.54) is 30.7 Å². The van der Waals surface area contributed by atoms with Crippen LogP contribution in [0.15, 0.2) is 42.5 Å². The summed E-state index contributed by atoms with van der Waals surface area (Å²) in [4.78, 5) is 1.97. The molecule has 2 aliphatic rings. The average Bonchev–Trinajstić information content (AvgIpc) is 2.95. The molecule has 3 nitrogen and oxygen atoms in total. The molecular weight excluding hydrogens is 348 g/mol. The molecule has 4 rings (SSSR count). The number of hydrogen-bond acceptors (Lipinski definition) is 3. The molecule has 0 bridgehead atoms. The number of aliphatic hydroxyl groups excluding tert-OH is 2. The van der Waals surface area contributed by atoms with Crippen LogP contribution < -0.4 is 4.90 Å². The minimum absolute atomic E-state index is 0.0674. The molecule has 2 aromatic carbocycles. The predicted molar refractivity (Wildman–Crippen MR) is 101 cm³/mol. The summed E-state index contributed by atoms with van der Waals surface area (Å²) >= 11 is 0. The second-order valence-corrected chi connectivity index (χ2v) is 7.88. The van der Waals surface area contributed by atoms with Crippen molar-refractivity contribution in [3.05, 3.63) is 65.2 Å². The normalized spacial score (nSPS) is 20.5. The van der Waals surface area contributed by atoms with E-state index in [4.69, 9.17) is 0 Å². The third kappa shape index (κ3) is 3.23. The Balaban J connectivity index is 1.82. The van der Waals surface area contributed by atoms with E-state index in [1.54, 1.807) is 12.1 Å². The van der Waals surface area contributed by atoms with E-state index < -0.39 is 24.6 Å². The number of halogens is 2. The summed E-state index contributed by atoms with van der Waals surface area (Å²) in [5.74, 6) is -0.725. The first kappa shape index (κ1) is 18.4. The highest BCUT2D eigenvalue weighted by molar-refractivity contribution is 5.64. The Morgan fingerprint density at radius 1 is 1.00 bits per heavy atom. The first-order valence-corrected chi connectivity index (χ1v) is 9.65. The molecule has 0 amide bonds. The van der Waals surface area contributed by atoms with Gasteiger partial charge in [0.2, 0.25) is 0 Å². The third-order valence-electron chi connectivity index (χ3n) is 6.20. The number of rotatable bonds is 4. The maximum Gasteiger partial charge on any atom is 0.125 e. The molecule has 1 aliphatic carbocycles. The summed E-state index contributed by atoms with van der Waals surface area (Å²) < 4.78 is 28.0. The molecule has 27 heavy (non-hydrogen) atoms. The van der Waals surface area contributed by atoms with Gasteiger partial charge in [0.25, 0.3) is 0 Å². The molecule has 0 radical (unpaired) electrons. The van der Waals surface area contributed by atoms with E-state index in [0.717, 1.165) is 36.9 Å². The van der Waals surface area contributed by atoms with Gasteiger partial charge in [-0.2, -0.15) is 0 Å². The van der Waals surface area contributed by atoms with Gasteiger partial charge in [0.1, 0.15) is 17.7 Å². The van der Waals surface area contributed by atoms with E-state index in [0.29, 0.717) is 12.1 Å². The molecule has 1 aliphatic heterocycles.